The monoisotopic (exact) mass is 297 g/mol. The normalized spacial score (nSPS) is 30.5. The molecule has 0 spiro atoms. The Morgan fingerprint density at radius 3 is 2.64 bits per heavy atom. The molecule has 0 saturated carbocycles. The summed E-state index contributed by atoms with van der Waals surface area (Å²) in [5, 5.41) is 0. The predicted molar refractivity (Wildman–Crippen MR) is 86.4 cm³/mol. The number of hydrogen-bond acceptors (Lipinski definition) is 3. The van der Waals surface area contributed by atoms with Crippen molar-refractivity contribution in [2.75, 3.05) is 14.2 Å². The van der Waals surface area contributed by atoms with Crippen molar-refractivity contribution in [3.8, 4) is 11.8 Å². The molecule has 2 unspecified atom stereocenters. The van der Waals surface area contributed by atoms with Crippen molar-refractivity contribution in [3.63, 3.8) is 0 Å². The Balaban J connectivity index is 1.92. The molecule has 4 atom stereocenters. The second kappa shape index (κ2) is 6.14. The molecule has 2 bridgehead atoms. The first-order valence-corrected chi connectivity index (χ1v) is 7.98. The highest BCUT2D eigenvalue weighted by Crippen LogP contribution is 2.46. The maximum atomic E-state index is 12.4. The van der Waals surface area contributed by atoms with E-state index in [0.717, 1.165) is 18.4 Å². The Labute approximate surface area is 132 Å². The molecule has 2 saturated heterocycles. The summed E-state index contributed by atoms with van der Waals surface area (Å²) in [4.78, 5) is 14.8. The largest absolute Gasteiger partial charge is 0.469 e. The summed E-state index contributed by atoms with van der Waals surface area (Å²) < 4.78 is 5.11. The number of methoxy groups -OCH3 is 1. The third kappa shape index (κ3) is 2.53. The topological polar surface area (TPSA) is 29.5 Å². The van der Waals surface area contributed by atoms with E-state index in [2.05, 4.69) is 48.1 Å². The lowest BCUT2D eigenvalue weighted by atomic mass is 9.76. The van der Waals surface area contributed by atoms with E-state index >= 15 is 0 Å². The highest BCUT2D eigenvalue weighted by molar-refractivity contribution is 5.75. The summed E-state index contributed by atoms with van der Waals surface area (Å²) >= 11 is 0. The van der Waals surface area contributed by atoms with Crippen molar-refractivity contribution in [2.45, 2.75) is 44.2 Å². The first-order valence-electron chi connectivity index (χ1n) is 7.98. The van der Waals surface area contributed by atoms with Gasteiger partial charge in [0.05, 0.1) is 13.0 Å². The number of hydrogen-bond donors (Lipinski definition) is 0. The smallest absolute Gasteiger partial charge is 0.310 e. The zero-order valence-corrected chi connectivity index (χ0v) is 13.5. The van der Waals surface area contributed by atoms with Crippen LogP contribution in [-0.2, 0) is 9.53 Å². The van der Waals surface area contributed by atoms with E-state index in [1.165, 1.54) is 19.1 Å². The number of ether oxygens (including phenoxy) is 1. The summed E-state index contributed by atoms with van der Waals surface area (Å²) in [6.45, 7) is 1.84. The number of carbonyl (C=O) groups is 1. The van der Waals surface area contributed by atoms with E-state index in [1.807, 2.05) is 6.92 Å². The molecule has 3 heteroatoms. The third-order valence-electron chi connectivity index (χ3n) is 5.35. The van der Waals surface area contributed by atoms with E-state index in [0.29, 0.717) is 12.1 Å². The van der Waals surface area contributed by atoms with E-state index < -0.39 is 0 Å². The first kappa shape index (κ1) is 15.1. The number of rotatable bonds is 2. The quantitative estimate of drug-likeness (QED) is 0.621. The van der Waals surface area contributed by atoms with Gasteiger partial charge in [-0.1, -0.05) is 18.1 Å². The molecule has 0 aromatic heterocycles. The molecule has 0 N–H and O–H groups in total. The average Bonchev–Trinajstić information content (AvgIpc) is 2.77. The SMILES string of the molecule is CC#Cc1ccc([C@H]2C[C@H]3CCC(C2C(=O)OC)N3C)cc1. The molecule has 3 nitrogen and oxygen atoms in total. The minimum Gasteiger partial charge on any atom is -0.469 e. The minimum absolute atomic E-state index is 0.0585. The number of piperidine rings is 1. The molecule has 116 valence electrons. The number of benzene rings is 1. The maximum absolute atomic E-state index is 12.4. The number of nitrogens with zero attached hydrogens (tertiary/aromatic N) is 1. The molecule has 2 heterocycles. The highest BCUT2D eigenvalue weighted by atomic mass is 16.5. The molecule has 2 aliphatic rings. The van der Waals surface area contributed by atoms with Crippen LogP contribution in [0.1, 0.15) is 43.2 Å². The number of fused-ring (bicyclic) bond motifs is 2. The summed E-state index contributed by atoms with van der Waals surface area (Å²) in [5.74, 6) is 6.11. The van der Waals surface area contributed by atoms with Gasteiger partial charge in [-0.15, -0.1) is 5.92 Å². The Bertz CT molecular complexity index is 611. The predicted octanol–water partition coefficient (Wildman–Crippen LogP) is 2.80. The Morgan fingerprint density at radius 1 is 1.27 bits per heavy atom. The lowest BCUT2D eigenvalue weighted by Crippen LogP contribution is -2.49. The van der Waals surface area contributed by atoms with E-state index in [9.17, 15) is 4.79 Å². The van der Waals surface area contributed by atoms with Crippen molar-refractivity contribution >= 4 is 5.97 Å². The van der Waals surface area contributed by atoms with Crippen LogP contribution in [0.2, 0.25) is 0 Å². The molecule has 1 aromatic carbocycles. The van der Waals surface area contributed by atoms with Gasteiger partial charge < -0.3 is 4.74 Å². The summed E-state index contributed by atoms with van der Waals surface area (Å²) in [5.41, 5.74) is 2.26. The lowest BCUT2D eigenvalue weighted by Gasteiger charge is -2.41. The van der Waals surface area contributed by atoms with Crippen LogP contribution in [0.3, 0.4) is 0 Å². The van der Waals surface area contributed by atoms with Crippen LogP contribution >= 0.6 is 0 Å². The van der Waals surface area contributed by atoms with Gasteiger partial charge in [0.2, 0.25) is 0 Å². The van der Waals surface area contributed by atoms with E-state index in [1.54, 1.807) is 0 Å². The van der Waals surface area contributed by atoms with Crippen LogP contribution in [-0.4, -0.2) is 37.1 Å². The molecule has 2 aliphatic heterocycles. The van der Waals surface area contributed by atoms with Crippen molar-refractivity contribution < 1.29 is 9.53 Å². The van der Waals surface area contributed by atoms with Crippen LogP contribution in [0, 0.1) is 17.8 Å². The second-order valence-electron chi connectivity index (χ2n) is 6.35. The molecule has 3 rings (SSSR count). The summed E-state index contributed by atoms with van der Waals surface area (Å²) in [7, 11) is 3.65. The standard InChI is InChI=1S/C19H23NO2/c1-4-5-13-6-8-14(9-7-13)16-12-15-10-11-17(20(15)2)18(16)19(21)22-3/h6-9,15-18H,10-12H2,1-3H3/t15-,16-,17?,18?/m1/s1. The molecular weight excluding hydrogens is 274 g/mol. The van der Waals surface area contributed by atoms with Gasteiger partial charge in [0.1, 0.15) is 0 Å². The molecule has 1 aromatic rings. The van der Waals surface area contributed by atoms with Gasteiger partial charge in [-0.05, 0) is 50.9 Å². The fraction of sp³-hybridized carbons (Fsp3) is 0.526. The van der Waals surface area contributed by atoms with E-state index in [4.69, 9.17) is 4.74 Å². The lowest BCUT2D eigenvalue weighted by molar-refractivity contribution is -0.150. The average molecular weight is 297 g/mol. The van der Waals surface area contributed by atoms with Gasteiger partial charge in [-0.3, -0.25) is 9.69 Å². The second-order valence-corrected chi connectivity index (χ2v) is 6.35. The van der Waals surface area contributed by atoms with Gasteiger partial charge in [-0.2, -0.15) is 0 Å². The van der Waals surface area contributed by atoms with Gasteiger partial charge in [-0.25, -0.2) is 0 Å². The fourth-order valence-electron chi connectivity index (χ4n) is 4.22. The molecule has 0 aliphatic carbocycles. The number of esters is 1. The minimum atomic E-state index is -0.0698. The van der Waals surface area contributed by atoms with Crippen LogP contribution in [0.4, 0.5) is 0 Å². The van der Waals surface area contributed by atoms with Gasteiger partial charge >= 0.3 is 5.97 Å². The summed E-state index contributed by atoms with van der Waals surface area (Å²) in [6.07, 6.45) is 3.31. The third-order valence-corrected chi connectivity index (χ3v) is 5.35. The fourth-order valence-corrected chi connectivity index (χ4v) is 4.22. The van der Waals surface area contributed by atoms with Gasteiger partial charge in [0.25, 0.3) is 0 Å². The molecular formula is C19H23NO2. The maximum Gasteiger partial charge on any atom is 0.310 e. The van der Waals surface area contributed by atoms with Gasteiger partial charge in [0.15, 0.2) is 0 Å². The highest BCUT2D eigenvalue weighted by Gasteiger charge is 2.49. The zero-order valence-electron chi connectivity index (χ0n) is 13.5. The molecule has 0 radical (unpaired) electrons. The number of carbonyl (C=O) groups excluding carboxylic acids is 1. The molecule has 22 heavy (non-hydrogen) atoms. The van der Waals surface area contributed by atoms with Crippen LogP contribution < -0.4 is 0 Å². The summed E-state index contributed by atoms with van der Waals surface area (Å²) in [6, 6.07) is 9.27. The molecule has 2 fully saturated rings. The van der Waals surface area contributed by atoms with Gasteiger partial charge in [0, 0.05) is 23.6 Å². The molecule has 0 amide bonds. The van der Waals surface area contributed by atoms with Crippen molar-refractivity contribution in [1.82, 2.24) is 4.90 Å². The Morgan fingerprint density at radius 2 is 2.00 bits per heavy atom. The Kier molecular flexibility index (Phi) is 4.22. The Hall–Kier alpha value is -1.79. The van der Waals surface area contributed by atoms with Crippen LogP contribution in [0.15, 0.2) is 24.3 Å². The van der Waals surface area contributed by atoms with Crippen LogP contribution in [0.25, 0.3) is 0 Å². The van der Waals surface area contributed by atoms with E-state index in [-0.39, 0.29) is 17.8 Å². The van der Waals surface area contributed by atoms with Crippen LogP contribution in [0.5, 0.6) is 0 Å². The zero-order chi connectivity index (χ0) is 15.7. The van der Waals surface area contributed by atoms with Crippen molar-refractivity contribution in [3.05, 3.63) is 35.4 Å². The first-order chi connectivity index (χ1) is 10.7. The van der Waals surface area contributed by atoms with Crippen molar-refractivity contribution in [2.24, 2.45) is 5.92 Å². The van der Waals surface area contributed by atoms with Crippen molar-refractivity contribution in [1.29, 1.82) is 0 Å².